The zero-order chi connectivity index (χ0) is 64.1. The van der Waals surface area contributed by atoms with E-state index >= 15 is 0 Å². The van der Waals surface area contributed by atoms with E-state index in [-0.39, 0.29) is 53.1 Å². The Labute approximate surface area is 542 Å². The first-order valence-corrected chi connectivity index (χ1v) is 34.4. The molecule has 12 rings (SSSR count). The highest BCUT2D eigenvalue weighted by atomic mass is 35.5. The number of imide groups is 1. The predicted octanol–water partition coefficient (Wildman–Crippen LogP) is 10.8. The number of carbonyl (C=O) groups is 4. The minimum atomic E-state index is -4.62. The Balaban J connectivity index is 0.594. The highest BCUT2D eigenvalue weighted by molar-refractivity contribution is 7.90. The number of carbonyl (C=O) groups excluding carboxylic acids is 4. The molecule has 4 N–H and O–H groups in total. The number of rotatable bonds is 23. The minimum absolute atomic E-state index is 0.0434. The maximum absolute atomic E-state index is 14.2. The van der Waals surface area contributed by atoms with Crippen LogP contribution in [0.4, 0.5) is 17.1 Å². The Kier molecular flexibility index (Phi) is 19.6. The van der Waals surface area contributed by atoms with E-state index in [0.29, 0.717) is 61.4 Å². The lowest BCUT2D eigenvalue weighted by Gasteiger charge is -2.42. The fourth-order valence-electron chi connectivity index (χ4n) is 14.1. The number of pyridine rings is 1. The number of hydrogen-bond donors (Lipinski definition) is 4. The third kappa shape index (κ3) is 15.1. The van der Waals surface area contributed by atoms with Gasteiger partial charge in [-0.05, 0) is 180 Å². The maximum Gasteiger partial charge on any atom is 0.293 e. The van der Waals surface area contributed by atoms with E-state index in [4.69, 9.17) is 21.1 Å². The van der Waals surface area contributed by atoms with Crippen LogP contribution in [0.1, 0.15) is 129 Å². The zero-order valence-electron chi connectivity index (χ0n) is 52.4. The fourth-order valence-corrected chi connectivity index (χ4v) is 15.3. The van der Waals surface area contributed by atoms with Crippen molar-refractivity contribution in [1.82, 2.24) is 39.6 Å². The molecule has 4 fully saturated rings. The van der Waals surface area contributed by atoms with Gasteiger partial charge in [-0.3, -0.25) is 39.5 Å². The number of hydrogen-bond acceptors (Lipinski definition) is 16. The van der Waals surface area contributed by atoms with Crippen LogP contribution in [0, 0.1) is 21.4 Å². The van der Waals surface area contributed by atoms with Gasteiger partial charge >= 0.3 is 0 Å². The van der Waals surface area contributed by atoms with E-state index in [1.807, 2.05) is 30.3 Å². The third-order valence-corrected chi connectivity index (χ3v) is 21.1. The smallest absolute Gasteiger partial charge is 0.293 e. The number of aromatic nitrogens is 2. The first kappa shape index (κ1) is 64.2. The first-order valence-electron chi connectivity index (χ1n) is 32.5. The Morgan fingerprint density at radius 2 is 1.62 bits per heavy atom. The average molecular weight is 1290 g/mol. The summed E-state index contributed by atoms with van der Waals surface area (Å²) in [5, 5.41) is 19.7. The van der Waals surface area contributed by atoms with E-state index in [0.717, 1.165) is 151 Å². The van der Waals surface area contributed by atoms with Crippen molar-refractivity contribution in [3.05, 3.63) is 146 Å². The summed E-state index contributed by atoms with van der Waals surface area (Å²) in [4.78, 5) is 82.1. The van der Waals surface area contributed by atoms with E-state index in [1.54, 1.807) is 41.4 Å². The number of piperazine rings is 1. The van der Waals surface area contributed by atoms with Crippen LogP contribution in [0.25, 0.3) is 16.6 Å². The average Bonchev–Trinajstić information content (AvgIpc) is 1.60. The van der Waals surface area contributed by atoms with Gasteiger partial charge in [0.05, 0.1) is 34.7 Å². The number of benzene rings is 4. The van der Waals surface area contributed by atoms with Crippen molar-refractivity contribution >= 4 is 78.9 Å². The number of anilines is 2. The number of likely N-dealkylation sites (tertiary alicyclic amines) is 2. The summed E-state index contributed by atoms with van der Waals surface area (Å²) >= 11 is 6.28. The van der Waals surface area contributed by atoms with E-state index in [1.165, 1.54) is 35.0 Å². The Bertz CT molecular complexity index is 3870. The molecule has 6 aliphatic rings. The lowest BCUT2D eigenvalue weighted by Crippen LogP contribution is -2.52. The molecule has 1 aliphatic carbocycles. The molecule has 0 spiro atoms. The van der Waals surface area contributed by atoms with E-state index in [2.05, 4.69) is 70.9 Å². The molecule has 4 saturated heterocycles. The number of allylic oxidation sites excluding steroid dienone is 1. The second-order valence-electron chi connectivity index (χ2n) is 26.3. The Morgan fingerprint density at radius 1 is 0.837 bits per heavy atom. The van der Waals surface area contributed by atoms with Crippen LogP contribution in [0.3, 0.4) is 0 Å². The van der Waals surface area contributed by atoms with Crippen molar-refractivity contribution in [3.8, 4) is 17.2 Å². The summed E-state index contributed by atoms with van der Waals surface area (Å²) in [6.45, 7) is 15.0. The van der Waals surface area contributed by atoms with Gasteiger partial charge in [0.2, 0.25) is 11.8 Å². The molecular formula is C69H82ClN11O10S. The molecule has 0 bridgehead atoms. The number of fused-ring (bicyclic) bond motifs is 2. The van der Waals surface area contributed by atoms with Crippen molar-refractivity contribution in [2.45, 2.75) is 121 Å². The first-order chi connectivity index (χ1) is 44.4. The largest absolute Gasteiger partial charge is 0.493 e. The maximum atomic E-state index is 14.2. The number of piperidine rings is 3. The topological polar surface area (TPSA) is 245 Å². The molecule has 1 unspecified atom stereocenters. The number of amides is 4. The highest BCUT2D eigenvalue weighted by Crippen LogP contribution is 2.44. The van der Waals surface area contributed by atoms with Crippen molar-refractivity contribution in [3.63, 3.8) is 0 Å². The number of halogens is 1. The quantitative estimate of drug-likeness (QED) is 0.0202. The molecule has 6 aromatic rings. The number of nitro benzene ring substituents is 1. The number of unbranched alkanes of at least 4 members (excludes halogenated alkanes) is 3. The van der Waals surface area contributed by atoms with Crippen molar-refractivity contribution in [1.29, 1.82) is 0 Å². The normalized spacial score (nSPS) is 19.7. The molecule has 1 atom stereocenters. The summed E-state index contributed by atoms with van der Waals surface area (Å²) in [5.41, 5.74) is 6.85. The fraction of sp³-hybridized carbons (Fsp3) is 0.464. The molecule has 0 radical (unpaired) electrons. The van der Waals surface area contributed by atoms with Gasteiger partial charge in [-0.2, -0.15) is 0 Å². The summed E-state index contributed by atoms with van der Waals surface area (Å²) in [6.07, 6.45) is 15.2. The predicted molar refractivity (Wildman–Crippen MR) is 354 cm³/mol. The summed E-state index contributed by atoms with van der Waals surface area (Å²) in [5.74, 6) is -0.491. The van der Waals surface area contributed by atoms with Gasteiger partial charge in [-0.1, -0.05) is 62.1 Å². The van der Waals surface area contributed by atoms with Crippen molar-refractivity contribution < 1.29 is 42.0 Å². The summed E-state index contributed by atoms with van der Waals surface area (Å²) in [6, 6.07) is 25.9. The van der Waals surface area contributed by atoms with Crippen LogP contribution in [0.15, 0.2) is 114 Å². The Hall–Kier alpha value is -7.89. The van der Waals surface area contributed by atoms with Gasteiger partial charge in [0, 0.05) is 97.3 Å². The van der Waals surface area contributed by atoms with Gasteiger partial charge in [0.1, 0.15) is 34.6 Å². The molecule has 486 valence electrons. The van der Waals surface area contributed by atoms with Crippen LogP contribution in [0.5, 0.6) is 17.2 Å². The number of nitrogens with one attached hydrogen (secondary N) is 4. The monoisotopic (exact) mass is 1290 g/mol. The lowest BCUT2D eigenvalue weighted by molar-refractivity contribution is -0.384. The lowest BCUT2D eigenvalue weighted by atomic mass is 9.72. The second-order valence-corrected chi connectivity index (χ2v) is 28.4. The van der Waals surface area contributed by atoms with E-state index in [9.17, 15) is 37.7 Å². The molecule has 7 heterocycles. The number of aromatic amines is 1. The van der Waals surface area contributed by atoms with Gasteiger partial charge in [0.15, 0.2) is 0 Å². The van der Waals surface area contributed by atoms with Gasteiger partial charge < -0.3 is 39.4 Å². The SMILES string of the molecule is CC1(C)CCC(CN2CCN(c3ccc(C(=O)NS(=O)(=O)c4ccc(NCC5CCN(C6CCN(CCCCCCOc7cccc8c7CN(C7CCC(=O)NC7=O)C8=O)CC6)CC5)c([N+](=O)[O-])c4)c(Oc4cnc5[nH]ccc5c4)c3)CC2)=C(c2ccc(Cl)cc2)C1. The number of ether oxygens (including phenoxy) is 2. The van der Waals surface area contributed by atoms with Crippen LogP contribution < -0.4 is 29.7 Å². The molecule has 23 heteroatoms. The van der Waals surface area contributed by atoms with Crippen LogP contribution in [-0.4, -0.2) is 157 Å². The standard InChI is InChI=1S/C69H82ClN11O10S/c1-69(2)26-20-49(57(41-69)47-10-12-50(70)13-11-47)44-77-33-35-79(36-34-77)52-14-16-56(63(39-52)91-53-38-48-21-27-71-65(48)73-43-53)66(83)75-92(88,89)54-15-17-59(61(40-54)81(86)87)72-42-46-22-31-78(32-23-46)51-24-29-76(30-25-51)28-5-3-4-6-37-90-62-9-7-8-55-58(62)45-80(68(55)85)60-18-19-64(82)74-67(60)84/h7-17,21,27,38-40,43,46,51,60,72H,3-6,18-20,22-26,28-37,41-42,44-45H2,1-2H3,(H,71,73)(H,75,83)(H,74,82,84). The Morgan fingerprint density at radius 3 is 2.39 bits per heavy atom. The van der Waals surface area contributed by atoms with Crippen LogP contribution in [0.2, 0.25) is 5.02 Å². The molecule has 0 saturated carbocycles. The van der Waals surface area contributed by atoms with Crippen molar-refractivity contribution in [2.75, 3.05) is 88.8 Å². The molecule has 4 aromatic carbocycles. The summed E-state index contributed by atoms with van der Waals surface area (Å²) < 4.78 is 42.8. The third-order valence-electron chi connectivity index (χ3n) is 19.5. The second kappa shape index (κ2) is 28.1. The van der Waals surface area contributed by atoms with Crippen molar-refractivity contribution in [2.24, 2.45) is 11.3 Å². The molecule has 21 nitrogen and oxygen atoms in total. The summed E-state index contributed by atoms with van der Waals surface area (Å²) in [7, 11) is -4.62. The zero-order valence-corrected chi connectivity index (χ0v) is 54.0. The molecule has 92 heavy (non-hydrogen) atoms. The van der Waals surface area contributed by atoms with Gasteiger partial charge in [-0.25, -0.2) is 18.1 Å². The minimum Gasteiger partial charge on any atom is -0.493 e. The number of nitrogens with zero attached hydrogens (tertiary/aromatic N) is 7. The van der Waals surface area contributed by atoms with Gasteiger partial charge in [0.25, 0.3) is 27.5 Å². The molecule has 2 aromatic heterocycles. The van der Waals surface area contributed by atoms with E-state index < -0.39 is 43.4 Å². The highest BCUT2D eigenvalue weighted by Gasteiger charge is 2.41. The molecule has 4 amide bonds. The van der Waals surface area contributed by atoms with Gasteiger partial charge in [-0.15, -0.1) is 0 Å². The van der Waals surface area contributed by atoms with Crippen LogP contribution in [-0.2, 0) is 26.2 Å². The van der Waals surface area contributed by atoms with Crippen LogP contribution >= 0.6 is 11.6 Å². The molecular weight excluding hydrogens is 1210 g/mol. The number of sulfonamides is 1. The number of nitro groups is 1. The molecule has 5 aliphatic heterocycles. The number of H-pyrrole nitrogens is 1.